The van der Waals surface area contributed by atoms with Crippen molar-refractivity contribution in [2.75, 3.05) is 18.0 Å². The van der Waals surface area contributed by atoms with Gasteiger partial charge in [0.05, 0.1) is 6.21 Å². The molecule has 0 aliphatic heterocycles. The van der Waals surface area contributed by atoms with Crippen LogP contribution in [0, 0.1) is 0 Å². The van der Waals surface area contributed by atoms with Crippen LogP contribution in [0.4, 0.5) is 5.69 Å². The molecule has 2 rings (SSSR count). The van der Waals surface area contributed by atoms with Crippen LogP contribution in [0.25, 0.3) is 0 Å². The lowest BCUT2D eigenvalue weighted by molar-refractivity contribution is 0.474. The summed E-state index contributed by atoms with van der Waals surface area (Å²) >= 11 is 1.43. The van der Waals surface area contributed by atoms with E-state index in [0.717, 1.165) is 24.5 Å². The van der Waals surface area contributed by atoms with Gasteiger partial charge < -0.3 is 15.7 Å². The lowest BCUT2D eigenvalue weighted by atomic mass is 10.2. The van der Waals surface area contributed by atoms with Gasteiger partial charge in [-0.15, -0.1) is 5.10 Å². The predicted molar refractivity (Wildman–Crippen MR) is 109 cm³/mol. The maximum atomic E-state index is 10.1. The van der Waals surface area contributed by atoms with Gasteiger partial charge in [-0.3, -0.25) is 0 Å². The lowest BCUT2D eigenvalue weighted by Gasteiger charge is -2.21. The molecule has 0 atom stereocenters. The molecule has 0 radical (unpaired) electrons. The zero-order valence-corrected chi connectivity index (χ0v) is 15.4. The standard InChI is InChI=1S/C19H24N4OS/c1-3-23(4-2)17-11-10-16(18(24)12-17)13-21-22-19(20)25-14-15-8-6-5-7-9-15/h5-13,24H,3-4,14H2,1-2H3,(H2,20,22). The van der Waals surface area contributed by atoms with E-state index in [2.05, 4.69) is 29.0 Å². The van der Waals surface area contributed by atoms with Gasteiger partial charge in [0.15, 0.2) is 5.17 Å². The summed E-state index contributed by atoms with van der Waals surface area (Å²) in [5, 5.41) is 18.5. The highest BCUT2D eigenvalue weighted by atomic mass is 32.2. The maximum Gasteiger partial charge on any atom is 0.180 e. The molecule has 0 spiro atoms. The first-order valence-corrected chi connectivity index (χ1v) is 9.23. The molecule has 0 aromatic heterocycles. The zero-order chi connectivity index (χ0) is 18.1. The van der Waals surface area contributed by atoms with Crippen LogP contribution in [-0.2, 0) is 5.75 Å². The quantitative estimate of drug-likeness (QED) is 0.449. The number of anilines is 1. The van der Waals surface area contributed by atoms with Crippen molar-refractivity contribution >= 4 is 28.8 Å². The van der Waals surface area contributed by atoms with Gasteiger partial charge in [0.1, 0.15) is 5.75 Å². The van der Waals surface area contributed by atoms with Crippen molar-refractivity contribution in [1.82, 2.24) is 0 Å². The highest BCUT2D eigenvalue weighted by Gasteiger charge is 2.05. The van der Waals surface area contributed by atoms with E-state index >= 15 is 0 Å². The Balaban J connectivity index is 1.96. The van der Waals surface area contributed by atoms with Crippen LogP contribution in [-0.4, -0.2) is 29.6 Å². The molecule has 0 bridgehead atoms. The van der Waals surface area contributed by atoms with Crippen molar-refractivity contribution in [3.63, 3.8) is 0 Å². The second kappa shape index (κ2) is 9.74. The molecule has 0 heterocycles. The Morgan fingerprint density at radius 1 is 1.16 bits per heavy atom. The van der Waals surface area contributed by atoms with E-state index in [1.807, 2.05) is 42.5 Å². The third-order valence-electron chi connectivity index (χ3n) is 3.73. The van der Waals surface area contributed by atoms with E-state index in [4.69, 9.17) is 5.73 Å². The first-order chi connectivity index (χ1) is 12.1. The Bertz CT molecular complexity index is 727. The summed E-state index contributed by atoms with van der Waals surface area (Å²) in [5.41, 5.74) is 8.63. The van der Waals surface area contributed by atoms with E-state index in [9.17, 15) is 5.11 Å². The first-order valence-electron chi connectivity index (χ1n) is 8.25. The molecule has 0 fully saturated rings. The number of phenols is 1. The van der Waals surface area contributed by atoms with Crippen LogP contribution < -0.4 is 10.6 Å². The van der Waals surface area contributed by atoms with Crippen molar-refractivity contribution < 1.29 is 5.11 Å². The maximum absolute atomic E-state index is 10.1. The molecule has 25 heavy (non-hydrogen) atoms. The second-order valence-electron chi connectivity index (χ2n) is 5.37. The number of thioether (sulfide) groups is 1. The van der Waals surface area contributed by atoms with E-state index in [1.54, 1.807) is 6.07 Å². The normalized spacial score (nSPS) is 11.8. The van der Waals surface area contributed by atoms with Crippen LogP contribution in [0.1, 0.15) is 25.0 Å². The van der Waals surface area contributed by atoms with Crippen LogP contribution in [0.5, 0.6) is 5.75 Å². The summed E-state index contributed by atoms with van der Waals surface area (Å²) in [6, 6.07) is 15.6. The van der Waals surface area contributed by atoms with Gasteiger partial charge in [-0.25, -0.2) is 0 Å². The van der Waals surface area contributed by atoms with Gasteiger partial charge in [-0.1, -0.05) is 42.1 Å². The van der Waals surface area contributed by atoms with Crippen LogP contribution in [0.3, 0.4) is 0 Å². The van der Waals surface area contributed by atoms with Crippen molar-refractivity contribution in [3.8, 4) is 5.75 Å². The smallest absolute Gasteiger partial charge is 0.180 e. The molecular formula is C19H24N4OS. The second-order valence-corrected chi connectivity index (χ2v) is 6.37. The number of hydrogen-bond acceptors (Lipinski definition) is 5. The zero-order valence-electron chi connectivity index (χ0n) is 14.6. The van der Waals surface area contributed by atoms with Gasteiger partial charge in [-0.05, 0) is 31.5 Å². The number of rotatable bonds is 7. The minimum Gasteiger partial charge on any atom is -0.507 e. The molecule has 0 saturated carbocycles. The minimum absolute atomic E-state index is 0.180. The number of benzene rings is 2. The molecule has 2 aromatic rings. The van der Waals surface area contributed by atoms with E-state index in [-0.39, 0.29) is 5.75 Å². The van der Waals surface area contributed by atoms with Gasteiger partial charge >= 0.3 is 0 Å². The Kier molecular flexibility index (Phi) is 7.35. The topological polar surface area (TPSA) is 74.2 Å². The van der Waals surface area contributed by atoms with Gasteiger partial charge in [0.25, 0.3) is 0 Å². The molecule has 0 amide bonds. The van der Waals surface area contributed by atoms with E-state index in [1.165, 1.54) is 23.5 Å². The Labute approximate surface area is 153 Å². The molecule has 3 N–H and O–H groups in total. The number of hydrogen-bond donors (Lipinski definition) is 2. The number of nitrogens with zero attached hydrogens (tertiary/aromatic N) is 3. The Morgan fingerprint density at radius 2 is 1.88 bits per heavy atom. The highest BCUT2D eigenvalue weighted by Crippen LogP contribution is 2.23. The molecule has 132 valence electrons. The number of amidine groups is 1. The molecule has 0 saturated heterocycles. The molecule has 6 heteroatoms. The SMILES string of the molecule is CCN(CC)c1ccc(C=NN=C(N)SCc2ccccc2)c(O)c1. The van der Waals surface area contributed by atoms with E-state index < -0.39 is 0 Å². The lowest BCUT2D eigenvalue weighted by Crippen LogP contribution is -2.21. The van der Waals surface area contributed by atoms with Crippen molar-refractivity contribution in [2.24, 2.45) is 15.9 Å². The fraction of sp³-hybridized carbons (Fsp3) is 0.263. The van der Waals surface area contributed by atoms with Crippen molar-refractivity contribution in [1.29, 1.82) is 0 Å². The highest BCUT2D eigenvalue weighted by molar-refractivity contribution is 8.13. The van der Waals surface area contributed by atoms with Crippen LogP contribution >= 0.6 is 11.8 Å². The Morgan fingerprint density at radius 3 is 2.52 bits per heavy atom. The fourth-order valence-electron chi connectivity index (χ4n) is 2.34. The Hall–Kier alpha value is -2.47. The van der Waals surface area contributed by atoms with Crippen LogP contribution in [0.2, 0.25) is 0 Å². The van der Waals surface area contributed by atoms with Crippen molar-refractivity contribution in [3.05, 3.63) is 59.7 Å². The molecular weight excluding hydrogens is 332 g/mol. The summed E-state index contributed by atoms with van der Waals surface area (Å²) in [7, 11) is 0. The number of nitrogens with two attached hydrogens (primary N) is 1. The van der Waals surface area contributed by atoms with Gasteiger partial charge in [0, 0.05) is 36.2 Å². The molecule has 0 unspecified atom stereocenters. The first kappa shape index (κ1) is 18.9. The fourth-order valence-corrected chi connectivity index (χ4v) is 2.95. The molecule has 2 aromatic carbocycles. The molecule has 0 aliphatic rings. The summed E-state index contributed by atoms with van der Waals surface area (Å²) in [6.07, 6.45) is 1.51. The summed E-state index contributed by atoms with van der Waals surface area (Å²) in [6.45, 7) is 5.95. The van der Waals surface area contributed by atoms with Gasteiger partial charge in [0.2, 0.25) is 0 Å². The number of aromatic hydroxyl groups is 1. The average Bonchev–Trinajstić information content (AvgIpc) is 2.63. The predicted octanol–water partition coefficient (Wildman–Crippen LogP) is 3.82. The number of phenolic OH excluding ortho intramolecular Hbond substituents is 1. The summed E-state index contributed by atoms with van der Waals surface area (Å²) in [4.78, 5) is 2.16. The van der Waals surface area contributed by atoms with Gasteiger partial charge in [-0.2, -0.15) is 5.10 Å². The third-order valence-corrected chi connectivity index (χ3v) is 4.58. The largest absolute Gasteiger partial charge is 0.507 e. The van der Waals surface area contributed by atoms with E-state index in [0.29, 0.717) is 10.7 Å². The minimum atomic E-state index is 0.180. The summed E-state index contributed by atoms with van der Waals surface area (Å²) < 4.78 is 0. The molecule has 0 aliphatic carbocycles. The third kappa shape index (κ3) is 5.83. The van der Waals surface area contributed by atoms with Crippen molar-refractivity contribution in [2.45, 2.75) is 19.6 Å². The summed E-state index contributed by atoms with van der Waals surface area (Å²) in [5.74, 6) is 0.925. The monoisotopic (exact) mass is 356 g/mol. The average molecular weight is 356 g/mol. The van der Waals surface area contributed by atoms with Crippen LogP contribution in [0.15, 0.2) is 58.7 Å². The molecule has 5 nitrogen and oxygen atoms in total.